The first-order valence-corrected chi connectivity index (χ1v) is 6.09. The molecule has 0 amide bonds. The number of carbonyl (C=O) groups is 1. The number of aliphatic hydroxyl groups excluding tert-OH is 4. The van der Waals surface area contributed by atoms with Gasteiger partial charge in [0.2, 0.25) is 0 Å². The summed E-state index contributed by atoms with van der Waals surface area (Å²) in [5.41, 5.74) is 0.743. The molecule has 1 aromatic rings. The van der Waals surface area contributed by atoms with Crippen molar-refractivity contribution < 1.29 is 34.7 Å². The molecule has 5 atom stereocenters. The first-order chi connectivity index (χ1) is 9.50. The third-order valence-electron chi connectivity index (χ3n) is 3.04. The van der Waals surface area contributed by atoms with Crippen LogP contribution in [0.3, 0.4) is 0 Å². The summed E-state index contributed by atoms with van der Waals surface area (Å²) in [5, 5.41) is 37.7. The predicted molar refractivity (Wildman–Crippen MR) is 65.1 cm³/mol. The van der Waals surface area contributed by atoms with Gasteiger partial charge in [-0.25, -0.2) is 4.79 Å². The SMILES string of the molecule is O=C(OCc1ccccc1)C1OC(O)C(O)C(O)[C@@H]1O. The van der Waals surface area contributed by atoms with Crippen molar-refractivity contribution in [2.45, 2.75) is 37.3 Å². The number of rotatable bonds is 3. The van der Waals surface area contributed by atoms with Crippen molar-refractivity contribution in [1.82, 2.24) is 0 Å². The maximum Gasteiger partial charge on any atom is 0.338 e. The zero-order chi connectivity index (χ0) is 14.7. The molecule has 2 rings (SSSR count). The van der Waals surface area contributed by atoms with Gasteiger partial charge < -0.3 is 29.9 Å². The highest BCUT2D eigenvalue weighted by Gasteiger charge is 2.46. The van der Waals surface area contributed by atoms with E-state index in [2.05, 4.69) is 0 Å². The lowest BCUT2D eigenvalue weighted by Gasteiger charge is -2.36. The molecule has 4 N–H and O–H groups in total. The van der Waals surface area contributed by atoms with Gasteiger partial charge >= 0.3 is 5.97 Å². The molecule has 1 aromatic carbocycles. The molecular formula is C13H16O7. The molecule has 0 aromatic heterocycles. The van der Waals surface area contributed by atoms with Gasteiger partial charge in [-0.2, -0.15) is 0 Å². The first kappa shape index (κ1) is 14.9. The van der Waals surface area contributed by atoms with Crippen LogP contribution in [0.5, 0.6) is 0 Å². The number of hydrogen-bond donors (Lipinski definition) is 4. The molecule has 110 valence electrons. The van der Waals surface area contributed by atoms with Crippen LogP contribution in [0.1, 0.15) is 5.56 Å². The monoisotopic (exact) mass is 284 g/mol. The molecule has 1 saturated heterocycles. The molecule has 0 saturated carbocycles. The van der Waals surface area contributed by atoms with E-state index in [1.54, 1.807) is 24.3 Å². The van der Waals surface area contributed by atoms with Gasteiger partial charge in [-0.1, -0.05) is 30.3 Å². The van der Waals surface area contributed by atoms with Gasteiger partial charge in [0.25, 0.3) is 0 Å². The number of hydrogen-bond acceptors (Lipinski definition) is 7. The number of ether oxygens (including phenoxy) is 2. The van der Waals surface area contributed by atoms with E-state index in [1.165, 1.54) is 0 Å². The Hall–Kier alpha value is -1.51. The Morgan fingerprint density at radius 3 is 2.35 bits per heavy atom. The normalized spacial score (nSPS) is 33.7. The van der Waals surface area contributed by atoms with Gasteiger partial charge in [-0.05, 0) is 5.56 Å². The predicted octanol–water partition coefficient (Wildman–Crippen LogP) is -1.47. The van der Waals surface area contributed by atoms with E-state index in [1.807, 2.05) is 6.07 Å². The van der Waals surface area contributed by atoms with Crippen LogP contribution in [0, 0.1) is 0 Å². The van der Waals surface area contributed by atoms with Crippen molar-refractivity contribution in [2.24, 2.45) is 0 Å². The zero-order valence-corrected chi connectivity index (χ0v) is 10.5. The van der Waals surface area contributed by atoms with Gasteiger partial charge in [0.15, 0.2) is 12.4 Å². The number of aliphatic hydroxyl groups is 4. The number of esters is 1. The van der Waals surface area contributed by atoms with E-state index >= 15 is 0 Å². The van der Waals surface area contributed by atoms with Crippen LogP contribution in [0.4, 0.5) is 0 Å². The molecule has 0 bridgehead atoms. The molecule has 1 aliphatic rings. The highest BCUT2D eigenvalue weighted by molar-refractivity contribution is 5.75. The maximum atomic E-state index is 11.8. The van der Waals surface area contributed by atoms with Gasteiger partial charge in [0.1, 0.15) is 24.9 Å². The molecular weight excluding hydrogens is 268 g/mol. The fraction of sp³-hybridized carbons (Fsp3) is 0.462. The molecule has 1 aliphatic heterocycles. The minimum atomic E-state index is -1.76. The lowest BCUT2D eigenvalue weighted by atomic mass is 9.99. The highest BCUT2D eigenvalue weighted by atomic mass is 16.7. The third kappa shape index (κ3) is 3.14. The lowest BCUT2D eigenvalue weighted by molar-refractivity contribution is -0.281. The standard InChI is InChI=1S/C13H16O7/c14-8-9(15)11(20-12(17)10(8)16)13(18)19-6-7-4-2-1-3-5-7/h1-5,8-12,14-17H,6H2/t8?,9-,10?,11?,12?/m0/s1. The second-order valence-electron chi connectivity index (χ2n) is 4.51. The van der Waals surface area contributed by atoms with E-state index in [4.69, 9.17) is 9.47 Å². The molecule has 1 heterocycles. The summed E-state index contributed by atoms with van der Waals surface area (Å²) in [6.45, 7) is -0.0268. The largest absolute Gasteiger partial charge is 0.459 e. The quantitative estimate of drug-likeness (QED) is 0.501. The van der Waals surface area contributed by atoms with Crippen molar-refractivity contribution in [3.8, 4) is 0 Å². The molecule has 7 heteroatoms. The van der Waals surface area contributed by atoms with E-state index in [-0.39, 0.29) is 6.61 Å². The Balaban J connectivity index is 1.95. The molecule has 1 fully saturated rings. The summed E-state index contributed by atoms with van der Waals surface area (Å²) in [5.74, 6) is -0.925. The fourth-order valence-corrected chi connectivity index (χ4v) is 1.87. The van der Waals surface area contributed by atoms with Gasteiger partial charge in [-0.3, -0.25) is 0 Å². The summed E-state index contributed by atoms with van der Waals surface area (Å²) in [6, 6.07) is 8.86. The van der Waals surface area contributed by atoms with Crippen molar-refractivity contribution in [3.63, 3.8) is 0 Å². The Kier molecular flexibility index (Phi) is 4.69. The summed E-state index contributed by atoms with van der Waals surface area (Å²) in [6.07, 6.45) is -8.34. The van der Waals surface area contributed by atoms with Gasteiger partial charge in [-0.15, -0.1) is 0 Å². The van der Waals surface area contributed by atoms with Gasteiger partial charge in [0.05, 0.1) is 0 Å². The van der Waals surface area contributed by atoms with Crippen molar-refractivity contribution >= 4 is 5.97 Å². The van der Waals surface area contributed by atoms with E-state index < -0.39 is 36.7 Å². The molecule has 0 radical (unpaired) electrons. The Morgan fingerprint density at radius 2 is 1.70 bits per heavy atom. The van der Waals surface area contributed by atoms with Crippen LogP contribution >= 0.6 is 0 Å². The minimum absolute atomic E-state index is 0.0268. The molecule has 0 aliphatic carbocycles. The third-order valence-corrected chi connectivity index (χ3v) is 3.04. The van der Waals surface area contributed by atoms with Crippen LogP contribution < -0.4 is 0 Å². The average Bonchev–Trinajstić information content (AvgIpc) is 2.47. The Morgan fingerprint density at radius 1 is 1.05 bits per heavy atom. The second kappa shape index (κ2) is 6.29. The Bertz CT molecular complexity index is 449. The van der Waals surface area contributed by atoms with Crippen LogP contribution in [-0.4, -0.2) is 57.1 Å². The van der Waals surface area contributed by atoms with Crippen LogP contribution in [0.2, 0.25) is 0 Å². The van der Waals surface area contributed by atoms with Crippen molar-refractivity contribution in [1.29, 1.82) is 0 Å². The maximum absolute atomic E-state index is 11.8. The summed E-state index contributed by atoms with van der Waals surface area (Å²) >= 11 is 0. The van der Waals surface area contributed by atoms with E-state index in [0.29, 0.717) is 0 Å². The van der Waals surface area contributed by atoms with Crippen LogP contribution in [0.15, 0.2) is 30.3 Å². The lowest BCUT2D eigenvalue weighted by Crippen LogP contribution is -2.59. The van der Waals surface area contributed by atoms with Crippen molar-refractivity contribution in [2.75, 3.05) is 0 Å². The summed E-state index contributed by atoms with van der Waals surface area (Å²) in [7, 11) is 0. The zero-order valence-electron chi connectivity index (χ0n) is 10.5. The number of benzene rings is 1. The molecule has 7 nitrogen and oxygen atoms in total. The average molecular weight is 284 g/mol. The second-order valence-corrected chi connectivity index (χ2v) is 4.51. The molecule has 0 spiro atoms. The molecule has 20 heavy (non-hydrogen) atoms. The van der Waals surface area contributed by atoms with Gasteiger partial charge in [0, 0.05) is 0 Å². The molecule has 4 unspecified atom stereocenters. The fourth-order valence-electron chi connectivity index (χ4n) is 1.87. The van der Waals surface area contributed by atoms with Crippen LogP contribution in [-0.2, 0) is 20.9 Å². The van der Waals surface area contributed by atoms with E-state index in [0.717, 1.165) is 5.56 Å². The minimum Gasteiger partial charge on any atom is -0.459 e. The van der Waals surface area contributed by atoms with Crippen LogP contribution in [0.25, 0.3) is 0 Å². The first-order valence-electron chi connectivity index (χ1n) is 6.09. The highest BCUT2D eigenvalue weighted by Crippen LogP contribution is 2.21. The van der Waals surface area contributed by atoms with E-state index in [9.17, 15) is 25.2 Å². The smallest absolute Gasteiger partial charge is 0.338 e. The topological polar surface area (TPSA) is 116 Å². The summed E-state index contributed by atoms with van der Waals surface area (Å²) < 4.78 is 9.69. The summed E-state index contributed by atoms with van der Waals surface area (Å²) in [4.78, 5) is 11.8. The number of carbonyl (C=O) groups excluding carboxylic acids is 1. The van der Waals surface area contributed by atoms with Crippen molar-refractivity contribution in [3.05, 3.63) is 35.9 Å². The Labute approximate surface area is 115 Å².